The molecule has 17 heavy (non-hydrogen) atoms. The van der Waals surface area contributed by atoms with Crippen molar-refractivity contribution in [2.45, 2.75) is 58.9 Å². The van der Waals surface area contributed by atoms with Crippen LogP contribution in [0.1, 0.15) is 60.6 Å². The Hall–Kier alpha value is -0.410. The van der Waals surface area contributed by atoms with Crippen molar-refractivity contribution in [2.75, 3.05) is 0 Å². The molecule has 0 amide bonds. The van der Waals surface area contributed by atoms with Gasteiger partial charge in [-0.25, -0.2) is 4.98 Å². The monoisotopic (exact) mass is 252 g/mol. The number of nitrogens with zero attached hydrogens (tertiary/aromatic N) is 1. The van der Waals surface area contributed by atoms with Gasteiger partial charge in [0.05, 0.1) is 10.7 Å². The van der Waals surface area contributed by atoms with Crippen molar-refractivity contribution >= 4 is 11.3 Å². The molecular formula is C14H24N2S. The van der Waals surface area contributed by atoms with Crippen LogP contribution in [-0.4, -0.2) is 4.98 Å². The smallest absolute Gasteiger partial charge is 0.0900 e. The molecule has 2 nitrogen and oxygen atoms in total. The molecule has 1 aromatic heterocycles. The van der Waals surface area contributed by atoms with Crippen molar-refractivity contribution in [1.29, 1.82) is 0 Å². The number of thiazole rings is 1. The van der Waals surface area contributed by atoms with Crippen molar-refractivity contribution in [3.63, 3.8) is 0 Å². The second kappa shape index (κ2) is 5.49. The van der Waals surface area contributed by atoms with Crippen LogP contribution in [0.4, 0.5) is 0 Å². The molecular weight excluding hydrogens is 228 g/mol. The molecule has 0 aliphatic heterocycles. The van der Waals surface area contributed by atoms with Crippen LogP contribution in [0.15, 0.2) is 0 Å². The van der Waals surface area contributed by atoms with Crippen molar-refractivity contribution in [3.8, 4) is 0 Å². The molecule has 3 atom stereocenters. The minimum atomic E-state index is 0.218. The lowest BCUT2D eigenvalue weighted by molar-refractivity contribution is 0.231. The summed E-state index contributed by atoms with van der Waals surface area (Å²) in [7, 11) is 0. The Balaban J connectivity index is 2.08. The van der Waals surface area contributed by atoms with Crippen LogP contribution >= 0.6 is 11.3 Å². The summed E-state index contributed by atoms with van der Waals surface area (Å²) in [5.41, 5.74) is 7.62. The van der Waals surface area contributed by atoms with Crippen molar-refractivity contribution < 1.29 is 0 Å². The van der Waals surface area contributed by atoms with Crippen LogP contribution in [0.3, 0.4) is 0 Å². The Bertz CT molecular complexity index is 372. The first kappa shape index (κ1) is 13.0. The normalized spacial score (nSPS) is 27.1. The van der Waals surface area contributed by atoms with Crippen LogP contribution < -0.4 is 5.73 Å². The van der Waals surface area contributed by atoms with E-state index in [4.69, 9.17) is 5.73 Å². The fourth-order valence-corrected chi connectivity index (χ4v) is 4.12. The van der Waals surface area contributed by atoms with Gasteiger partial charge in [-0.05, 0) is 38.5 Å². The molecule has 0 spiro atoms. The summed E-state index contributed by atoms with van der Waals surface area (Å²) < 4.78 is 0. The van der Waals surface area contributed by atoms with E-state index in [0.29, 0.717) is 5.92 Å². The largest absolute Gasteiger partial charge is 0.323 e. The second-order valence-corrected chi connectivity index (χ2v) is 6.64. The van der Waals surface area contributed by atoms with Gasteiger partial charge in [-0.15, -0.1) is 11.3 Å². The van der Waals surface area contributed by atoms with Gasteiger partial charge in [-0.3, -0.25) is 0 Å². The number of aromatic nitrogens is 1. The summed E-state index contributed by atoms with van der Waals surface area (Å²) in [5, 5.41) is 1.15. The SMILES string of the molecule is CCC1CCCC(C(N)c2sc(C)nc2C)C1. The van der Waals surface area contributed by atoms with Gasteiger partial charge in [0.25, 0.3) is 0 Å². The lowest BCUT2D eigenvalue weighted by Crippen LogP contribution is -2.26. The minimum absolute atomic E-state index is 0.218. The lowest BCUT2D eigenvalue weighted by Gasteiger charge is -2.32. The van der Waals surface area contributed by atoms with E-state index in [1.807, 2.05) is 0 Å². The standard InChI is InChI=1S/C14H24N2S/c1-4-11-6-5-7-12(8-11)13(15)14-9(2)16-10(3)17-14/h11-13H,4-8,15H2,1-3H3. The molecule has 0 saturated heterocycles. The third-order valence-corrected chi connectivity index (χ3v) is 5.32. The van der Waals surface area contributed by atoms with Gasteiger partial charge in [0, 0.05) is 10.9 Å². The molecule has 0 radical (unpaired) electrons. The van der Waals surface area contributed by atoms with E-state index < -0.39 is 0 Å². The molecule has 0 bridgehead atoms. The maximum atomic E-state index is 6.47. The van der Waals surface area contributed by atoms with Crippen molar-refractivity contribution in [3.05, 3.63) is 15.6 Å². The van der Waals surface area contributed by atoms with Crippen LogP contribution in [0.2, 0.25) is 0 Å². The third kappa shape index (κ3) is 2.89. The predicted molar refractivity (Wildman–Crippen MR) is 74.3 cm³/mol. The highest BCUT2D eigenvalue weighted by molar-refractivity contribution is 7.11. The average molecular weight is 252 g/mol. The number of rotatable bonds is 3. The van der Waals surface area contributed by atoms with Gasteiger partial charge in [-0.1, -0.05) is 26.2 Å². The predicted octanol–water partition coefficient (Wildman–Crippen LogP) is 3.98. The number of aryl methyl sites for hydroxylation is 2. The van der Waals surface area contributed by atoms with Crippen LogP contribution in [-0.2, 0) is 0 Å². The third-order valence-electron chi connectivity index (χ3n) is 4.15. The first-order valence-corrected chi connectivity index (χ1v) is 7.63. The zero-order valence-electron chi connectivity index (χ0n) is 11.2. The fraction of sp³-hybridized carbons (Fsp3) is 0.786. The van der Waals surface area contributed by atoms with E-state index in [1.54, 1.807) is 11.3 Å². The summed E-state index contributed by atoms with van der Waals surface area (Å²) in [5.74, 6) is 1.57. The summed E-state index contributed by atoms with van der Waals surface area (Å²) >= 11 is 1.79. The van der Waals surface area contributed by atoms with E-state index in [2.05, 4.69) is 25.8 Å². The fourth-order valence-electron chi connectivity index (χ4n) is 3.10. The summed E-state index contributed by atoms with van der Waals surface area (Å²) in [6, 6.07) is 0.218. The summed E-state index contributed by atoms with van der Waals surface area (Å²) in [6.45, 7) is 6.48. The average Bonchev–Trinajstić information content (AvgIpc) is 2.67. The Kier molecular flexibility index (Phi) is 4.21. The Morgan fingerprint density at radius 1 is 1.41 bits per heavy atom. The zero-order valence-corrected chi connectivity index (χ0v) is 12.0. The number of hydrogen-bond acceptors (Lipinski definition) is 3. The molecule has 2 N–H and O–H groups in total. The quantitative estimate of drug-likeness (QED) is 0.884. The molecule has 1 saturated carbocycles. The van der Waals surface area contributed by atoms with Crippen LogP contribution in [0.5, 0.6) is 0 Å². The number of nitrogens with two attached hydrogens (primary N) is 1. The zero-order chi connectivity index (χ0) is 12.4. The molecule has 1 heterocycles. The Morgan fingerprint density at radius 3 is 2.76 bits per heavy atom. The van der Waals surface area contributed by atoms with E-state index in [9.17, 15) is 0 Å². The molecule has 3 unspecified atom stereocenters. The molecule has 1 fully saturated rings. The molecule has 3 heteroatoms. The molecule has 1 aliphatic carbocycles. The summed E-state index contributed by atoms with van der Waals surface area (Å²) in [4.78, 5) is 5.83. The van der Waals surface area contributed by atoms with Gasteiger partial charge in [0.1, 0.15) is 0 Å². The van der Waals surface area contributed by atoms with Gasteiger partial charge < -0.3 is 5.73 Å². The van der Waals surface area contributed by atoms with Gasteiger partial charge >= 0.3 is 0 Å². The van der Waals surface area contributed by atoms with E-state index >= 15 is 0 Å². The van der Waals surface area contributed by atoms with Gasteiger partial charge in [0.15, 0.2) is 0 Å². The second-order valence-electron chi connectivity index (χ2n) is 5.41. The van der Waals surface area contributed by atoms with Crippen LogP contribution in [0, 0.1) is 25.7 Å². The maximum Gasteiger partial charge on any atom is 0.0900 e. The summed E-state index contributed by atoms with van der Waals surface area (Å²) in [6.07, 6.45) is 6.68. The first-order chi connectivity index (χ1) is 8.11. The molecule has 96 valence electrons. The van der Waals surface area contributed by atoms with Crippen molar-refractivity contribution in [2.24, 2.45) is 17.6 Å². The van der Waals surface area contributed by atoms with Gasteiger partial charge in [0.2, 0.25) is 0 Å². The maximum absolute atomic E-state index is 6.47. The van der Waals surface area contributed by atoms with E-state index in [-0.39, 0.29) is 6.04 Å². The van der Waals surface area contributed by atoms with Crippen LogP contribution in [0.25, 0.3) is 0 Å². The first-order valence-electron chi connectivity index (χ1n) is 6.81. The van der Waals surface area contributed by atoms with Gasteiger partial charge in [-0.2, -0.15) is 0 Å². The molecule has 0 aromatic carbocycles. The van der Waals surface area contributed by atoms with Crippen molar-refractivity contribution in [1.82, 2.24) is 4.98 Å². The highest BCUT2D eigenvalue weighted by atomic mass is 32.1. The highest BCUT2D eigenvalue weighted by Crippen LogP contribution is 2.39. The molecule has 2 rings (SSSR count). The Morgan fingerprint density at radius 2 is 2.18 bits per heavy atom. The lowest BCUT2D eigenvalue weighted by atomic mass is 9.76. The van der Waals surface area contributed by atoms with E-state index in [0.717, 1.165) is 16.6 Å². The Labute approximate surface area is 109 Å². The van der Waals surface area contributed by atoms with E-state index in [1.165, 1.54) is 37.0 Å². The number of hydrogen-bond donors (Lipinski definition) is 1. The minimum Gasteiger partial charge on any atom is -0.323 e. The molecule has 1 aromatic rings. The highest BCUT2D eigenvalue weighted by Gasteiger charge is 2.28. The molecule has 1 aliphatic rings. The topological polar surface area (TPSA) is 38.9 Å².